The van der Waals surface area contributed by atoms with Crippen molar-refractivity contribution in [3.05, 3.63) is 66.4 Å². The van der Waals surface area contributed by atoms with Crippen molar-refractivity contribution in [2.24, 2.45) is 0 Å². The van der Waals surface area contributed by atoms with Crippen LogP contribution in [0.1, 0.15) is 12.5 Å². The van der Waals surface area contributed by atoms with E-state index < -0.39 is 0 Å². The third kappa shape index (κ3) is 4.04. The van der Waals surface area contributed by atoms with Crippen molar-refractivity contribution in [3.63, 3.8) is 0 Å². The Bertz CT molecular complexity index is 874. The molecule has 5 heteroatoms. The minimum atomic E-state index is 0.271. The zero-order valence-corrected chi connectivity index (χ0v) is 15.8. The van der Waals surface area contributed by atoms with E-state index in [4.69, 9.17) is 14.6 Å². The van der Waals surface area contributed by atoms with E-state index in [-0.39, 0.29) is 6.10 Å². The van der Waals surface area contributed by atoms with Crippen LogP contribution in [0.2, 0.25) is 0 Å². The number of nitrogens with zero attached hydrogens (tertiary/aromatic N) is 3. The molecule has 140 valence electrons. The summed E-state index contributed by atoms with van der Waals surface area (Å²) in [4.78, 5) is 2.44. The molecule has 1 unspecified atom stereocenters. The van der Waals surface area contributed by atoms with Crippen molar-refractivity contribution >= 4 is 0 Å². The van der Waals surface area contributed by atoms with Gasteiger partial charge in [0.2, 0.25) is 0 Å². The molecule has 3 aromatic rings. The van der Waals surface area contributed by atoms with Gasteiger partial charge >= 0.3 is 0 Å². The lowest BCUT2D eigenvalue weighted by Crippen LogP contribution is -2.40. The lowest BCUT2D eigenvalue weighted by atomic mass is 10.1. The monoisotopic (exact) mass is 363 g/mol. The summed E-state index contributed by atoms with van der Waals surface area (Å²) < 4.78 is 13.0. The fraction of sp³-hybridized carbons (Fsp3) is 0.318. The molecule has 5 nitrogen and oxygen atoms in total. The fourth-order valence-electron chi connectivity index (χ4n) is 3.51. The first-order valence-corrected chi connectivity index (χ1v) is 9.35. The van der Waals surface area contributed by atoms with Gasteiger partial charge in [0.25, 0.3) is 0 Å². The Morgan fingerprint density at radius 1 is 1.11 bits per heavy atom. The second-order valence-corrected chi connectivity index (χ2v) is 6.93. The Balaban J connectivity index is 1.69. The first-order valence-electron chi connectivity index (χ1n) is 9.35. The van der Waals surface area contributed by atoms with Gasteiger partial charge in [0, 0.05) is 37.0 Å². The number of methoxy groups -OCH3 is 1. The van der Waals surface area contributed by atoms with E-state index in [1.54, 1.807) is 7.11 Å². The molecule has 1 aromatic heterocycles. The molecule has 2 heterocycles. The van der Waals surface area contributed by atoms with Gasteiger partial charge in [0.1, 0.15) is 5.75 Å². The smallest absolute Gasteiger partial charge is 0.118 e. The standard InChI is InChI=1S/C22H25N3O2/c1-17-14-24(12-13-27-17)15-19-16-25(20-6-4-3-5-7-20)23-22(19)18-8-10-21(26-2)11-9-18/h3-11,16-17H,12-15H2,1-2H3. The van der Waals surface area contributed by atoms with E-state index in [9.17, 15) is 0 Å². The predicted molar refractivity (Wildman–Crippen MR) is 106 cm³/mol. The Kier molecular flexibility index (Phi) is 5.23. The number of ether oxygens (including phenoxy) is 2. The predicted octanol–water partition coefficient (Wildman–Crippen LogP) is 3.77. The average Bonchev–Trinajstić information content (AvgIpc) is 3.12. The van der Waals surface area contributed by atoms with Gasteiger partial charge in [-0.15, -0.1) is 0 Å². The van der Waals surface area contributed by atoms with Gasteiger partial charge < -0.3 is 9.47 Å². The molecule has 1 atom stereocenters. The second-order valence-electron chi connectivity index (χ2n) is 6.93. The minimum absolute atomic E-state index is 0.271. The van der Waals surface area contributed by atoms with Crippen molar-refractivity contribution in [2.45, 2.75) is 19.6 Å². The summed E-state index contributed by atoms with van der Waals surface area (Å²) in [5, 5.41) is 4.91. The van der Waals surface area contributed by atoms with Gasteiger partial charge in [-0.2, -0.15) is 5.10 Å². The van der Waals surface area contributed by atoms with Crippen LogP contribution in [-0.4, -0.2) is 47.6 Å². The largest absolute Gasteiger partial charge is 0.497 e. The van der Waals surface area contributed by atoms with Crippen LogP contribution in [0.4, 0.5) is 0 Å². The van der Waals surface area contributed by atoms with Gasteiger partial charge in [-0.25, -0.2) is 4.68 Å². The van der Waals surface area contributed by atoms with Crippen molar-refractivity contribution in [1.82, 2.24) is 14.7 Å². The van der Waals surface area contributed by atoms with Crippen LogP contribution in [0.15, 0.2) is 60.8 Å². The number of aromatic nitrogens is 2. The van der Waals surface area contributed by atoms with E-state index in [1.165, 1.54) is 5.56 Å². The van der Waals surface area contributed by atoms with Gasteiger partial charge in [0.15, 0.2) is 0 Å². The van der Waals surface area contributed by atoms with E-state index >= 15 is 0 Å². The van der Waals surface area contributed by atoms with E-state index in [1.807, 2.05) is 35.0 Å². The molecule has 1 aliphatic rings. The molecular weight excluding hydrogens is 338 g/mol. The lowest BCUT2D eigenvalue weighted by Gasteiger charge is -2.30. The third-order valence-corrected chi connectivity index (χ3v) is 4.89. The number of benzene rings is 2. The van der Waals surface area contributed by atoms with E-state index in [2.05, 4.69) is 42.3 Å². The highest BCUT2D eigenvalue weighted by Crippen LogP contribution is 2.27. The molecule has 0 amide bonds. The Labute approximate surface area is 160 Å². The quantitative estimate of drug-likeness (QED) is 0.692. The summed E-state index contributed by atoms with van der Waals surface area (Å²) in [6.07, 6.45) is 2.42. The number of morpholine rings is 1. The van der Waals surface area contributed by atoms with Gasteiger partial charge in [-0.3, -0.25) is 4.90 Å². The number of para-hydroxylation sites is 1. The topological polar surface area (TPSA) is 39.5 Å². The van der Waals surface area contributed by atoms with Crippen molar-refractivity contribution in [3.8, 4) is 22.7 Å². The van der Waals surface area contributed by atoms with Crippen LogP contribution < -0.4 is 4.74 Å². The summed E-state index contributed by atoms with van der Waals surface area (Å²) >= 11 is 0. The van der Waals surface area contributed by atoms with E-state index in [0.717, 1.165) is 48.9 Å². The van der Waals surface area contributed by atoms with Crippen molar-refractivity contribution < 1.29 is 9.47 Å². The molecule has 27 heavy (non-hydrogen) atoms. The Hall–Kier alpha value is -2.63. The summed E-state index contributed by atoms with van der Waals surface area (Å²) in [6.45, 7) is 5.67. The zero-order chi connectivity index (χ0) is 18.6. The number of rotatable bonds is 5. The van der Waals surface area contributed by atoms with Gasteiger partial charge in [-0.1, -0.05) is 18.2 Å². The van der Waals surface area contributed by atoms with Crippen LogP contribution in [0.3, 0.4) is 0 Å². The highest BCUT2D eigenvalue weighted by molar-refractivity contribution is 5.64. The van der Waals surface area contributed by atoms with Crippen molar-refractivity contribution in [1.29, 1.82) is 0 Å². The molecule has 4 rings (SSSR count). The van der Waals surface area contributed by atoms with Gasteiger partial charge in [-0.05, 0) is 43.3 Å². The normalized spacial score (nSPS) is 17.8. The van der Waals surface area contributed by atoms with E-state index in [0.29, 0.717) is 0 Å². The molecule has 0 spiro atoms. The van der Waals surface area contributed by atoms with Crippen LogP contribution in [0, 0.1) is 0 Å². The maximum atomic E-state index is 5.68. The fourth-order valence-corrected chi connectivity index (χ4v) is 3.51. The minimum Gasteiger partial charge on any atom is -0.497 e. The second kappa shape index (κ2) is 7.94. The summed E-state index contributed by atoms with van der Waals surface area (Å²) in [5.41, 5.74) is 4.40. The molecule has 1 aliphatic heterocycles. The maximum absolute atomic E-state index is 5.68. The molecule has 0 radical (unpaired) electrons. The summed E-state index contributed by atoms with van der Waals surface area (Å²) in [5.74, 6) is 0.852. The van der Waals surface area contributed by atoms with Crippen LogP contribution >= 0.6 is 0 Å². The van der Waals surface area contributed by atoms with Gasteiger partial charge in [0.05, 0.1) is 31.2 Å². The molecule has 1 saturated heterocycles. The van der Waals surface area contributed by atoms with Crippen LogP contribution in [0.25, 0.3) is 16.9 Å². The molecule has 0 N–H and O–H groups in total. The third-order valence-electron chi connectivity index (χ3n) is 4.89. The summed E-state index contributed by atoms with van der Waals surface area (Å²) in [6, 6.07) is 18.4. The SMILES string of the molecule is COc1ccc(-c2nn(-c3ccccc3)cc2CN2CCOC(C)C2)cc1. The Morgan fingerprint density at radius 3 is 2.59 bits per heavy atom. The first-order chi connectivity index (χ1) is 13.2. The Morgan fingerprint density at radius 2 is 1.89 bits per heavy atom. The zero-order valence-electron chi connectivity index (χ0n) is 15.8. The van der Waals surface area contributed by atoms with Crippen LogP contribution in [0.5, 0.6) is 5.75 Å². The number of hydrogen-bond donors (Lipinski definition) is 0. The average molecular weight is 363 g/mol. The molecular formula is C22H25N3O2. The summed E-state index contributed by atoms with van der Waals surface area (Å²) in [7, 11) is 1.68. The molecule has 0 saturated carbocycles. The highest BCUT2D eigenvalue weighted by atomic mass is 16.5. The van der Waals surface area contributed by atoms with Crippen LogP contribution in [-0.2, 0) is 11.3 Å². The molecule has 0 bridgehead atoms. The van der Waals surface area contributed by atoms with Crippen molar-refractivity contribution in [2.75, 3.05) is 26.8 Å². The molecule has 0 aliphatic carbocycles. The first kappa shape index (κ1) is 17.8. The molecule has 2 aromatic carbocycles. The lowest BCUT2D eigenvalue weighted by molar-refractivity contribution is -0.0211. The maximum Gasteiger partial charge on any atom is 0.118 e. The molecule has 1 fully saturated rings. The highest BCUT2D eigenvalue weighted by Gasteiger charge is 2.20. The number of hydrogen-bond acceptors (Lipinski definition) is 4.